The molecule has 1 fully saturated rings. The predicted molar refractivity (Wildman–Crippen MR) is 73.7 cm³/mol. The van der Waals surface area contributed by atoms with Gasteiger partial charge in [0, 0.05) is 13.7 Å². The minimum atomic E-state index is -0.764. The summed E-state index contributed by atoms with van der Waals surface area (Å²) < 4.78 is 5.06. The lowest BCUT2D eigenvalue weighted by Gasteiger charge is -2.47. The number of hydrogen-bond donors (Lipinski definition) is 1. The predicted octanol–water partition coefficient (Wildman–Crippen LogP) is 1.17. The third-order valence-electron chi connectivity index (χ3n) is 4.32. The number of hydrogen-bond acceptors (Lipinski definition) is 3. The lowest BCUT2D eigenvalue weighted by molar-refractivity contribution is -0.159. The summed E-state index contributed by atoms with van der Waals surface area (Å²) in [5.74, 6) is 0.0919. The van der Waals surface area contributed by atoms with E-state index in [4.69, 9.17) is 4.74 Å². The molecule has 1 saturated heterocycles. The Labute approximate surface area is 115 Å². The van der Waals surface area contributed by atoms with E-state index in [2.05, 4.69) is 5.32 Å². The lowest BCUT2D eigenvalue weighted by Crippen LogP contribution is -2.70. The van der Waals surface area contributed by atoms with Crippen LogP contribution >= 0.6 is 0 Å². The van der Waals surface area contributed by atoms with Crippen molar-refractivity contribution in [3.8, 4) is 0 Å². The van der Waals surface area contributed by atoms with Gasteiger partial charge in [-0.25, -0.2) is 0 Å². The van der Waals surface area contributed by atoms with Crippen LogP contribution in [0.1, 0.15) is 40.5 Å². The van der Waals surface area contributed by atoms with Crippen LogP contribution in [-0.2, 0) is 14.3 Å². The number of amides is 2. The molecule has 1 N–H and O–H groups in total. The molecule has 1 aliphatic rings. The molecule has 0 aromatic rings. The Morgan fingerprint density at radius 1 is 1.42 bits per heavy atom. The largest absolute Gasteiger partial charge is 0.383 e. The van der Waals surface area contributed by atoms with Crippen molar-refractivity contribution in [2.24, 2.45) is 5.92 Å². The topological polar surface area (TPSA) is 58.6 Å². The second kappa shape index (κ2) is 6.37. The molecule has 3 atom stereocenters. The zero-order valence-corrected chi connectivity index (χ0v) is 12.7. The van der Waals surface area contributed by atoms with E-state index in [9.17, 15) is 9.59 Å². The molecule has 0 saturated carbocycles. The van der Waals surface area contributed by atoms with Gasteiger partial charge in [-0.3, -0.25) is 9.59 Å². The molecule has 1 rings (SSSR count). The molecule has 5 heteroatoms. The molecule has 5 nitrogen and oxygen atoms in total. The van der Waals surface area contributed by atoms with Crippen LogP contribution in [-0.4, -0.2) is 48.6 Å². The second-order valence-corrected chi connectivity index (χ2v) is 5.45. The van der Waals surface area contributed by atoms with Crippen molar-refractivity contribution in [2.75, 3.05) is 20.3 Å². The summed E-state index contributed by atoms with van der Waals surface area (Å²) in [6.07, 6.45) is 1.46. The Morgan fingerprint density at radius 2 is 2.05 bits per heavy atom. The van der Waals surface area contributed by atoms with Crippen LogP contribution in [0.25, 0.3) is 0 Å². The van der Waals surface area contributed by atoms with E-state index < -0.39 is 11.6 Å². The molecule has 3 unspecified atom stereocenters. The third kappa shape index (κ3) is 2.91. The minimum absolute atomic E-state index is 0.00958. The van der Waals surface area contributed by atoms with E-state index in [0.29, 0.717) is 19.6 Å². The number of methoxy groups -OCH3 is 1. The van der Waals surface area contributed by atoms with Crippen molar-refractivity contribution in [1.82, 2.24) is 10.2 Å². The number of carbonyl (C=O) groups excluding carboxylic acids is 2. The average molecular weight is 270 g/mol. The summed E-state index contributed by atoms with van der Waals surface area (Å²) >= 11 is 0. The van der Waals surface area contributed by atoms with E-state index >= 15 is 0 Å². The maximum Gasteiger partial charge on any atom is 0.246 e. The number of nitrogens with zero attached hydrogens (tertiary/aromatic N) is 1. The van der Waals surface area contributed by atoms with Crippen LogP contribution in [0.4, 0.5) is 0 Å². The SMILES string of the molecule is CCC(C)C1NC(=O)C(C)(CC)N(CCOC)C1=O. The Bertz CT molecular complexity index is 346. The first-order chi connectivity index (χ1) is 8.92. The number of rotatable bonds is 6. The van der Waals surface area contributed by atoms with Crippen LogP contribution in [0.15, 0.2) is 0 Å². The second-order valence-electron chi connectivity index (χ2n) is 5.45. The zero-order chi connectivity index (χ0) is 14.6. The molecule has 19 heavy (non-hydrogen) atoms. The minimum Gasteiger partial charge on any atom is -0.383 e. The number of nitrogens with one attached hydrogen (secondary N) is 1. The van der Waals surface area contributed by atoms with Gasteiger partial charge in [-0.05, 0) is 19.3 Å². The summed E-state index contributed by atoms with van der Waals surface area (Å²) in [7, 11) is 1.60. The highest BCUT2D eigenvalue weighted by molar-refractivity contribution is 5.99. The fraction of sp³-hybridized carbons (Fsp3) is 0.857. The first-order valence-corrected chi connectivity index (χ1v) is 7.03. The fourth-order valence-corrected chi connectivity index (χ4v) is 2.40. The summed E-state index contributed by atoms with van der Waals surface area (Å²) in [6, 6.07) is -0.408. The van der Waals surface area contributed by atoms with Crippen molar-refractivity contribution in [3.63, 3.8) is 0 Å². The van der Waals surface area contributed by atoms with Gasteiger partial charge in [-0.15, -0.1) is 0 Å². The van der Waals surface area contributed by atoms with Gasteiger partial charge < -0.3 is 15.0 Å². The summed E-state index contributed by atoms with van der Waals surface area (Å²) in [6.45, 7) is 8.67. The number of ether oxygens (including phenoxy) is 1. The Hall–Kier alpha value is -1.10. The summed E-state index contributed by atoms with van der Waals surface area (Å²) in [5.41, 5.74) is -0.764. The molecule has 1 heterocycles. The van der Waals surface area contributed by atoms with Gasteiger partial charge in [0.25, 0.3) is 0 Å². The number of carbonyl (C=O) groups is 2. The van der Waals surface area contributed by atoms with Gasteiger partial charge in [0.2, 0.25) is 11.8 Å². The van der Waals surface area contributed by atoms with E-state index in [-0.39, 0.29) is 17.7 Å². The zero-order valence-electron chi connectivity index (χ0n) is 12.7. The fourth-order valence-electron chi connectivity index (χ4n) is 2.40. The standard InChI is InChI=1S/C14H26N2O3/c1-6-10(3)11-12(17)16(8-9-19-5)14(4,7-2)13(18)15-11/h10-11H,6-9H2,1-5H3,(H,15,18). The van der Waals surface area contributed by atoms with Crippen molar-refractivity contribution in [1.29, 1.82) is 0 Å². The van der Waals surface area contributed by atoms with Gasteiger partial charge in [0.1, 0.15) is 11.6 Å². The Kier molecular flexibility index (Phi) is 5.35. The van der Waals surface area contributed by atoms with Crippen molar-refractivity contribution >= 4 is 11.8 Å². The highest BCUT2D eigenvalue weighted by Crippen LogP contribution is 2.27. The average Bonchev–Trinajstić information content (AvgIpc) is 2.41. The molecule has 0 bridgehead atoms. The van der Waals surface area contributed by atoms with Crippen LogP contribution in [0, 0.1) is 5.92 Å². The molecule has 2 amide bonds. The van der Waals surface area contributed by atoms with Crippen molar-refractivity contribution in [2.45, 2.75) is 52.1 Å². The van der Waals surface area contributed by atoms with Gasteiger partial charge in [0.15, 0.2) is 0 Å². The molecular weight excluding hydrogens is 244 g/mol. The van der Waals surface area contributed by atoms with Crippen LogP contribution in [0.2, 0.25) is 0 Å². The van der Waals surface area contributed by atoms with Gasteiger partial charge >= 0.3 is 0 Å². The lowest BCUT2D eigenvalue weighted by atomic mass is 9.86. The highest BCUT2D eigenvalue weighted by atomic mass is 16.5. The van der Waals surface area contributed by atoms with Crippen LogP contribution in [0.5, 0.6) is 0 Å². The normalized spacial score (nSPS) is 29.3. The first kappa shape index (κ1) is 16.0. The monoisotopic (exact) mass is 270 g/mol. The Morgan fingerprint density at radius 3 is 2.53 bits per heavy atom. The summed E-state index contributed by atoms with van der Waals surface area (Å²) in [4.78, 5) is 26.6. The van der Waals surface area contributed by atoms with E-state index in [1.165, 1.54) is 0 Å². The Balaban J connectivity index is 3.01. The van der Waals surface area contributed by atoms with E-state index in [0.717, 1.165) is 6.42 Å². The number of piperazine rings is 1. The maximum atomic E-state index is 12.6. The van der Waals surface area contributed by atoms with Gasteiger partial charge in [0.05, 0.1) is 6.61 Å². The van der Waals surface area contributed by atoms with E-state index in [1.54, 1.807) is 12.0 Å². The molecule has 0 radical (unpaired) electrons. The van der Waals surface area contributed by atoms with Crippen molar-refractivity contribution < 1.29 is 14.3 Å². The molecule has 0 aliphatic carbocycles. The quantitative estimate of drug-likeness (QED) is 0.788. The molecule has 0 spiro atoms. The molecule has 0 aromatic carbocycles. The molecular formula is C14H26N2O3. The van der Waals surface area contributed by atoms with E-state index in [1.807, 2.05) is 27.7 Å². The molecule has 1 aliphatic heterocycles. The smallest absolute Gasteiger partial charge is 0.246 e. The van der Waals surface area contributed by atoms with Gasteiger partial charge in [-0.2, -0.15) is 0 Å². The highest BCUT2D eigenvalue weighted by Gasteiger charge is 2.48. The molecule has 0 aromatic heterocycles. The summed E-state index contributed by atoms with van der Waals surface area (Å²) in [5, 5.41) is 2.89. The molecule has 110 valence electrons. The third-order valence-corrected chi connectivity index (χ3v) is 4.32. The van der Waals surface area contributed by atoms with Gasteiger partial charge in [-0.1, -0.05) is 27.2 Å². The van der Waals surface area contributed by atoms with Crippen LogP contribution < -0.4 is 5.32 Å². The first-order valence-electron chi connectivity index (χ1n) is 7.03. The van der Waals surface area contributed by atoms with Crippen LogP contribution in [0.3, 0.4) is 0 Å². The maximum absolute atomic E-state index is 12.6. The van der Waals surface area contributed by atoms with Crippen molar-refractivity contribution in [3.05, 3.63) is 0 Å².